The second kappa shape index (κ2) is 11.4. The standard InChI is InChI=1S/C44H29N3O/c1-28-9-7-15-38-40(28)41-37(14-8-16-39(41)48-38)44-46-42(45-43(47-44)36-26-23-30-12-5-6-13-35(30)27-36)34-24-21-33(22-25-34)32-19-17-31(18-20-32)29-10-3-2-4-11-29/h2-27H,1H3/i5D,6D,7D,8D,9D,12D,13D,14D,15D,16D,23D,26D,27D. The molecule has 9 aromatic rings. The van der Waals surface area contributed by atoms with Gasteiger partial charge >= 0.3 is 0 Å². The largest absolute Gasteiger partial charge is 0.456 e. The fourth-order valence-corrected chi connectivity index (χ4v) is 5.75. The average Bonchev–Trinajstić information content (AvgIpc) is 3.67. The van der Waals surface area contributed by atoms with Crippen molar-refractivity contribution in [2.45, 2.75) is 6.92 Å². The van der Waals surface area contributed by atoms with Crippen LogP contribution in [0, 0.1) is 6.92 Å². The number of aryl methyl sites for hydroxylation is 1. The number of furan rings is 1. The lowest BCUT2D eigenvalue weighted by Gasteiger charge is -2.11. The van der Waals surface area contributed by atoms with E-state index < -0.39 is 72.5 Å². The lowest BCUT2D eigenvalue weighted by atomic mass is 9.99. The molecule has 0 saturated heterocycles. The Kier molecular flexibility index (Phi) is 4.17. The van der Waals surface area contributed by atoms with Crippen LogP contribution >= 0.6 is 0 Å². The summed E-state index contributed by atoms with van der Waals surface area (Å²) in [5.41, 5.74) is 3.66. The Morgan fingerprint density at radius 1 is 0.458 bits per heavy atom. The van der Waals surface area contributed by atoms with Gasteiger partial charge in [0.1, 0.15) is 11.2 Å². The first-order valence-corrected chi connectivity index (χ1v) is 15.1. The van der Waals surface area contributed by atoms with Crippen LogP contribution < -0.4 is 0 Å². The van der Waals surface area contributed by atoms with Crippen LogP contribution in [0.2, 0.25) is 0 Å². The van der Waals surface area contributed by atoms with E-state index in [4.69, 9.17) is 24.5 Å². The first-order valence-electron chi connectivity index (χ1n) is 21.6. The van der Waals surface area contributed by atoms with E-state index in [0.717, 1.165) is 22.3 Å². The highest BCUT2D eigenvalue weighted by molar-refractivity contribution is 6.13. The van der Waals surface area contributed by atoms with Crippen molar-refractivity contribution in [3.8, 4) is 56.4 Å². The maximum atomic E-state index is 9.26. The summed E-state index contributed by atoms with van der Waals surface area (Å²) in [5, 5.41) is -0.471. The first-order chi connectivity index (χ1) is 29.1. The summed E-state index contributed by atoms with van der Waals surface area (Å²) in [6.45, 7) is 1.54. The molecule has 0 bridgehead atoms. The third-order valence-electron chi connectivity index (χ3n) is 8.12. The summed E-state index contributed by atoms with van der Waals surface area (Å²) < 4.78 is 119. The smallest absolute Gasteiger partial charge is 0.164 e. The van der Waals surface area contributed by atoms with Crippen molar-refractivity contribution < 1.29 is 22.2 Å². The third kappa shape index (κ3) is 4.91. The van der Waals surface area contributed by atoms with Crippen LogP contribution in [0.25, 0.3) is 89.1 Å². The van der Waals surface area contributed by atoms with Crippen molar-refractivity contribution >= 4 is 32.7 Å². The van der Waals surface area contributed by atoms with E-state index >= 15 is 0 Å². The van der Waals surface area contributed by atoms with E-state index in [1.807, 2.05) is 66.7 Å². The molecule has 0 N–H and O–H groups in total. The van der Waals surface area contributed by atoms with Gasteiger partial charge in [-0.05, 0) is 63.6 Å². The second-order valence-electron chi connectivity index (χ2n) is 11.1. The Labute approximate surface area is 296 Å². The number of benzene rings is 7. The van der Waals surface area contributed by atoms with Crippen LogP contribution in [0.15, 0.2) is 162 Å². The minimum atomic E-state index is -0.638. The molecule has 2 aromatic heterocycles. The van der Waals surface area contributed by atoms with E-state index in [9.17, 15) is 2.74 Å². The van der Waals surface area contributed by atoms with Gasteiger partial charge in [-0.25, -0.2) is 15.0 Å². The number of nitrogens with zero attached hydrogens (tertiary/aromatic N) is 3. The molecule has 0 aliphatic carbocycles. The molecule has 2 heterocycles. The molecule has 0 amide bonds. The van der Waals surface area contributed by atoms with Gasteiger partial charge in [0.15, 0.2) is 17.5 Å². The predicted octanol–water partition coefficient (Wildman–Crippen LogP) is 11.6. The maximum absolute atomic E-state index is 9.26. The zero-order valence-corrected chi connectivity index (χ0v) is 25.3. The number of aromatic nitrogens is 3. The molecule has 0 unspecified atom stereocenters. The lowest BCUT2D eigenvalue weighted by molar-refractivity contribution is 0.669. The van der Waals surface area contributed by atoms with E-state index in [1.54, 1.807) is 12.1 Å². The van der Waals surface area contributed by atoms with Crippen molar-refractivity contribution in [3.05, 3.63) is 163 Å². The molecule has 0 spiro atoms. The lowest BCUT2D eigenvalue weighted by Crippen LogP contribution is -2.00. The van der Waals surface area contributed by atoms with Crippen molar-refractivity contribution in [1.29, 1.82) is 0 Å². The average molecular weight is 629 g/mol. The quantitative estimate of drug-likeness (QED) is 0.190. The molecule has 0 aliphatic rings. The summed E-state index contributed by atoms with van der Waals surface area (Å²) >= 11 is 0. The molecule has 0 fully saturated rings. The molecule has 0 saturated carbocycles. The Morgan fingerprint density at radius 2 is 1.02 bits per heavy atom. The Morgan fingerprint density at radius 3 is 1.73 bits per heavy atom. The van der Waals surface area contributed by atoms with Crippen LogP contribution in [0.1, 0.15) is 23.4 Å². The molecular weight excluding hydrogens is 587 g/mol. The molecule has 226 valence electrons. The van der Waals surface area contributed by atoms with E-state index in [0.29, 0.717) is 5.56 Å². The normalized spacial score (nSPS) is 15.2. The highest BCUT2D eigenvalue weighted by Gasteiger charge is 2.19. The molecule has 0 radical (unpaired) electrons. The maximum Gasteiger partial charge on any atom is 0.164 e. The van der Waals surface area contributed by atoms with E-state index in [2.05, 4.69) is 9.97 Å². The van der Waals surface area contributed by atoms with Crippen LogP contribution in [0.4, 0.5) is 0 Å². The number of hydrogen-bond donors (Lipinski definition) is 0. The zero-order valence-electron chi connectivity index (χ0n) is 38.3. The Hall–Kier alpha value is -6.39. The number of fused-ring (bicyclic) bond motifs is 4. The predicted molar refractivity (Wildman–Crippen MR) is 197 cm³/mol. The highest BCUT2D eigenvalue weighted by Crippen LogP contribution is 2.38. The first kappa shape index (κ1) is 17.5. The molecule has 0 aliphatic heterocycles. The van der Waals surface area contributed by atoms with Crippen LogP contribution in [-0.4, -0.2) is 15.0 Å². The molecule has 9 rings (SSSR count). The van der Waals surface area contributed by atoms with Gasteiger partial charge in [0.05, 0.1) is 17.8 Å². The summed E-state index contributed by atoms with van der Waals surface area (Å²) in [6, 6.07) is 18.3. The summed E-state index contributed by atoms with van der Waals surface area (Å²) in [7, 11) is 0. The number of rotatable bonds is 5. The van der Waals surface area contributed by atoms with Crippen molar-refractivity contribution in [1.82, 2.24) is 15.0 Å². The molecule has 48 heavy (non-hydrogen) atoms. The number of hydrogen-bond acceptors (Lipinski definition) is 4. The van der Waals surface area contributed by atoms with Crippen molar-refractivity contribution in [2.75, 3.05) is 0 Å². The fourth-order valence-electron chi connectivity index (χ4n) is 5.75. The summed E-state index contributed by atoms with van der Waals surface area (Å²) in [4.78, 5) is 14.1. The Bertz CT molecular complexity index is 3340. The Balaban J connectivity index is 1.32. The van der Waals surface area contributed by atoms with Crippen molar-refractivity contribution in [2.24, 2.45) is 0 Å². The van der Waals surface area contributed by atoms with Gasteiger partial charge in [0.2, 0.25) is 0 Å². The molecule has 4 heteroatoms. The van der Waals surface area contributed by atoms with Gasteiger partial charge in [-0.15, -0.1) is 0 Å². The van der Waals surface area contributed by atoms with Gasteiger partial charge < -0.3 is 4.42 Å². The second-order valence-corrected chi connectivity index (χ2v) is 11.1. The van der Waals surface area contributed by atoms with E-state index in [1.165, 1.54) is 6.92 Å². The summed E-state index contributed by atoms with van der Waals surface area (Å²) in [5.74, 6) is -0.659. The highest BCUT2D eigenvalue weighted by atomic mass is 16.3. The van der Waals surface area contributed by atoms with Gasteiger partial charge in [0.25, 0.3) is 0 Å². The topological polar surface area (TPSA) is 51.8 Å². The monoisotopic (exact) mass is 628 g/mol. The van der Waals surface area contributed by atoms with E-state index in [-0.39, 0.29) is 72.9 Å². The van der Waals surface area contributed by atoms with Gasteiger partial charge in [-0.3, -0.25) is 0 Å². The third-order valence-corrected chi connectivity index (χ3v) is 8.12. The van der Waals surface area contributed by atoms with Crippen molar-refractivity contribution in [3.63, 3.8) is 0 Å². The molecule has 4 nitrogen and oxygen atoms in total. The van der Waals surface area contributed by atoms with Gasteiger partial charge in [-0.2, -0.15) is 0 Å². The van der Waals surface area contributed by atoms with Gasteiger partial charge in [-0.1, -0.05) is 139 Å². The van der Waals surface area contributed by atoms with Crippen LogP contribution in [-0.2, 0) is 0 Å². The summed E-state index contributed by atoms with van der Waals surface area (Å²) in [6.07, 6.45) is 0. The zero-order chi connectivity index (χ0) is 43.3. The molecular formula is C44H29N3O. The molecule has 7 aromatic carbocycles. The molecule has 0 atom stereocenters. The van der Waals surface area contributed by atoms with Gasteiger partial charge in [0, 0.05) is 27.5 Å². The SMILES string of the molecule is [2H]c1c([2H])c(C)c2c(oc3c([2H])c([2H])c([2H])c(-c4nc(-c5ccc(-c6ccc(-c7ccccc7)cc6)cc5)nc(-c5c([2H])c([2H])c6c([2H])c([2H])c([2H])c([2H])c6c5[2H])n4)c32)c1[2H]. The van der Waals surface area contributed by atoms with Crippen LogP contribution in [0.3, 0.4) is 0 Å². The van der Waals surface area contributed by atoms with Crippen LogP contribution in [0.5, 0.6) is 0 Å². The fraction of sp³-hybridized carbons (Fsp3) is 0.0227. The minimum absolute atomic E-state index is 0.0271. The minimum Gasteiger partial charge on any atom is -0.456 e.